The number of fused-ring (bicyclic) bond motifs is 2. The summed E-state index contributed by atoms with van der Waals surface area (Å²) >= 11 is 0. The van der Waals surface area contributed by atoms with E-state index in [0.29, 0.717) is 29.2 Å². The molecule has 1 fully saturated rings. The van der Waals surface area contributed by atoms with E-state index < -0.39 is 22.2 Å². The number of ether oxygens (including phenoxy) is 1. The quantitative estimate of drug-likeness (QED) is 0.313. The molecular weight excluding hydrogens is 530 g/mol. The van der Waals surface area contributed by atoms with Crippen molar-refractivity contribution in [3.8, 4) is 22.6 Å². The SMILES string of the molecule is CNS(=O)(=O)c1cn(CC2CC2)c2c(-c3ccc(OC(F)F)cc3)c(=O)n(-c3ccc4nn(C)cc4c3)nc12. The van der Waals surface area contributed by atoms with Gasteiger partial charge in [0.2, 0.25) is 10.0 Å². The minimum absolute atomic E-state index is 0.0595. The zero-order valence-corrected chi connectivity index (χ0v) is 21.8. The molecule has 10 nitrogen and oxygen atoms in total. The van der Waals surface area contributed by atoms with Gasteiger partial charge in [0.05, 0.1) is 22.3 Å². The lowest BCUT2D eigenvalue weighted by atomic mass is 10.1. The number of hydrogen-bond donors (Lipinski definition) is 1. The molecule has 1 aliphatic rings. The Bertz CT molecular complexity index is 1890. The molecule has 2 aromatic carbocycles. The van der Waals surface area contributed by atoms with E-state index in [1.54, 1.807) is 40.7 Å². The van der Waals surface area contributed by atoms with Crippen LogP contribution >= 0.6 is 0 Å². The van der Waals surface area contributed by atoms with E-state index in [9.17, 15) is 22.0 Å². The Morgan fingerprint density at radius 3 is 2.51 bits per heavy atom. The van der Waals surface area contributed by atoms with Crippen LogP contribution in [0.1, 0.15) is 12.8 Å². The summed E-state index contributed by atoms with van der Waals surface area (Å²) in [5.41, 5.74) is 1.75. The summed E-state index contributed by atoms with van der Waals surface area (Å²) < 4.78 is 63.1. The van der Waals surface area contributed by atoms with Gasteiger partial charge in [-0.15, -0.1) is 0 Å². The molecular formula is C26H24F2N6O4S. The molecule has 1 saturated carbocycles. The summed E-state index contributed by atoms with van der Waals surface area (Å²) in [6.45, 7) is -2.48. The number of sulfonamides is 1. The molecule has 202 valence electrons. The number of alkyl halides is 2. The highest BCUT2D eigenvalue weighted by Crippen LogP contribution is 2.36. The molecule has 6 rings (SSSR count). The molecule has 0 amide bonds. The lowest BCUT2D eigenvalue weighted by Crippen LogP contribution is -2.24. The molecule has 13 heteroatoms. The fourth-order valence-corrected chi connectivity index (χ4v) is 5.64. The van der Waals surface area contributed by atoms with E-state index in [2.05, 4.69) is 19.7 Å². The van der Waals surface area contributed by atoms with Crippen molar-refractivity contribution < 1.29 is 21.9 Å². The molecule has 0 bridgehead atoms. The van der Waals surface area contributed by atoms with E-state index in [4.69, 9.17) is 0 Å². The third-order valence-electron chi connectivity index (χ3n) is 6.79. The van der Waals surface area contributed by atoms with Crippen LogP contribution in [-0.4, -0.2) is 46.2 Å². The second kappa shape index (κ2) is 9.27. The van der Waals surface area contributed by atoms with Crippen molar-refractivity contribution in [1.82, 2.24) is 28.9 Å². The number of halogens is 2. The van der Waals surface area contributed by atoms with Crippen molar-refractivity contribution >= 4 is 32.0 Å². The molecule has 5 aromatic rings. The van der Waals surface area contributed by atoms with Crippen LogP contribution in [0.25, 0.3) is 38.8 Å². The molecule has 1 N–H and O–H groups in total. The zero-order valence-electron chi connectivity index (χ0n) is 21.0. The first-order valence-electron chi connectivity index (χ1n) is 12.2. The first-order valence-corrected chi connectivity index (χ1v) is 13.7. The number of nitrogens with zero attached hydrogens (tertiary/aromatic N) is 5. The summed E-state index contributed by atoms with van der Waals surface area (Å²) in [6.07, 6.45) is 5.30. The summed E-state index contributed by atoms with van der Waals surface area (Å²) in [7, 11) is -0.848. The van der Waals surface area contributed by atoms with E-state index in [1.807, 2.05) is 0 Å². The number of aromatic nitrogens is 5. The summed E-state index contributed by atoms with van der Waals surface area (Å²) in [4.78, 5) is 14.1. The molecule has 39 heavy (non-hydrogen) atoms. The number of nitrogens with one attached hydrogen (secondary N) is 1. The van der Waals surface area contributed by atoms with Gasteiger partial charge in [-0.3, -0.25) is 9.48 Å². The monoisotopic (exact) mass is 554 g/mol. The van der Waals surface area contributed by atoms with Crippen LogP contribution in [0.15, 0.2) is 64.5 Å². The van der Waals surface area contributed by atoms with Gasteiger partial charge in [0, 0.05) is 31.4 Å². The van der Waals surface area contributed by atoms with Gasteiger partial charge < -0.3 is 9.30 Å². The summed E-state index contributed by atoms with van der Waals surface area (Å²) in [5.74, 6) is 0.295. The molecule has 0 spiro atoms. The largest absolute Gasteiger partial charge is 0.435 e. The topological polar surface area (TPSA) is 113 Å². The van der Waals surface area contributed by atoms with E-state index in [0.717, 1.165) is 23.7 Å². The highest BCUT2D eigenvalue weighted by Gasteiger charge is 2.30. The number of rotatable bonds is 8. The fraction of sp³-hybridized carbons (Fsp3) is 0.269. The molecule has 0 aliphatic heterocycles. The summed E-state index contributed by atoms with van der Waals surface area (Å²) in [5, 5.41) is 9.71. The van der Waals surface area contributed by atoms with Crippen LogP contribution in [0.4, 0.5) is 8.78 Å². The minimum atomic E-state index is -3.95. The van der Waals surface area contributed by atoms with E-state index in [-0.39, 0.29) is 21.7 Å². The first-order chi connectivity index (χ1) is 18.6. The highest BCUT2D eigenvalue weighted by atomic mass is 32.2. The molecule has 0 saturated heterocycles. The van der Waals surface area contributed by atoms with Crippen molar-refractivity contribution in [2.45, 2.75) is 30.9 Å². The van der Waals surface area contributed by atoms with Gasteiger partial charge in [-0.25, -0.2) is 13.1 Å². The first kappa shape index (κ1) is 25.2. The second-order valence-corrected chi connectivity index (χ2v) is 11.4. The Balaban J connectivity index is 1.67. The maximum Gasteiger partial charge on any atom is 0.387 e. The van der Waals surface area contributed by atoms with Crippen molar-refractivity contribution in [1.29, 1.82) is 0 Å². The van der Waals surface area contributed by atoms with Crippen LogP contribution in [0.3, 0.4) is 0 Å². The molecule has 3 aromatic heterocycles. The van der Waals surface area contributed by atoms with Gasteiger partial charge in [-0.05, 0) is 61.7 Å². The predicted molar refractivity (Wildman–Crippen MR) is 141 cm³/mol. The third kappa shape index (κ3) is 4.57. The molecule has 0 atom stereocenters. The number of hydrogen-bond acceptors (Lipinski definition) is 6. The summed E-state index contributed by atoms with van der Waals surface area (Å²) in [6, 6.07) is 10.9. The van der Waals surface area contributed by atoms with Crippen molar-refractivity contribution in [3.05, 3.63) is 65.2 Å². The van der Waals surface area contributed by atoms with Crippen LogP contribution < -0.4 is 15.0 Å². The number of aryl methyl sites for hydroxylation is 1. The lowest BCUT2D eigenvalue weighted by molar-refractivity contribution is -0.0498. The molecule has 0 radical (unpaired) electrons. The Morgan fingerprint density at radius 1 is 1.10 bits per heavy atom. The van der Waals surface area contributed by atoms with Crippen LogP contribution in [-0.2, 0) is 23.6 Å². The van der Waals surface area contributed by atoms with Crippen LogP contribution in [0.2, 0.25) is 0 Å². The maximum atomic E-state index is 14.1. The van der Waals surface area contributed by atoms with Crippen molar-refractivity contribution in [3.63, 3.8) is 0 Å². The highest BCUT2D eigenvalue weighted by molar-refractivity contribution is 7.89. The Kier molecular flexibility index (Phi) is 5.99. The maximum absolute atomic E-state index is 14.1. The Hall–Kier alpha value is -4.10. The third-order valence-corrected chi connectivity index (χ3v) is 8.20. The van der Waals surface area contributed by atoms with Crippen LogP contribution in [0, 0.1) is 5.92 Å². The lowest BCUT2D eigenvalue weighted by Gasteiger charge is -2.13. The van der Waals surface area contributed by atoms with Gasteiger partial charge in [-0.2, -0.15) is 23.7 Å². The van der Waals surface area contributed by atoms with Crippen molar-refractivity contribution in [2.75, 3.05) is 7.05 Å². The van der Waals surface area contributed by atoms with Gasteiger partial charge in [0.25, 0.3) is 5.56 Å². The number of benzene rings is 2. The molecule has 0 unspecified atom stereocenters. The zero-order chi connectivity index (χ0) is 27.5. The van der Waals surface area contributed by atoms with Crippen molar-refractivity contribution in [2.24, 2.45) is 13.0 Å². The van der Waals surface area contributed by atoms with Crippen LogP contribution in [0.5, 0.6) is 5.75 Å². The average Bonchev–Trinajstić information content (AvgIpc) is 3.53. The smallest absolute Gasteiger partial charge is 0.387 e. The normalized spacial score (nSPS) is 14.1. The van der Waals surface area contributed by atoms with E-state index in [1.165, 1.54) is 42.2 Å². The minimum Gasteiger partial charge on any atom is -0.435 e. The molecule has 1 aliphatic carbocycles. The Labute approximate surface area is 221 Å². The fourth-order valence-electron chi connectivity index (χ4n) is 4.77. The van der Waals surface area contributed by atoms with Gasteiger partial charge in [0.15, 0.2) is 0 Å². The average molecular weight is 555 g/mol. The molecule has 3 heterocycles. The van der Waals surface area contributed by atoms with Gasteiger partial charge >= 0.3 is 6.61 Å². The predicted octanol–water partition coefficient (Wildman–Crippen LogP) is 3.66. The van der Waals surface area contributed by atoms with Gasteiger partial charge in [-0.1, -0.05) is 12.1 Å². The standard InChI is InChI=1S/C26H24F2N6O4S/c1-29-39(36,37)21-14-33(12-15-3-4-15)24-22(16-5-8-19(9-6-16)38-26(27)28)25(35)34(31-23(21)24)18-7-10-20-17(11-18)13-32(2)30-20/h5-11,13-15,26,29H,3-4,12H2,1-2H3. The second-order valence-electron chi connectivity index (χ2n) is 9.53. The van der Waals surface area contributed by atoms with Gasteiger partial charge in [0.1, 0.15) is 16.2 Å². The Morgan fingerprint density at radius 2 is 1.85 bits per heavy atom. The van der Waals surface area contributed by atoms with E-state index >= 15 is 0 Å².